The van der Waals surface area contributed by atoms with E-state index in [1.54, 1.807) is 26.2 Å². The molecule has 0 aliphatic carbocycles. The third-order valence-electron chi connectivity index (χ3n) is 5.22. The number of rotatable bonds is 7. The summed E-state index contributed by atoms with van der Waals surface area (Å²) in [7, 11) is 4.74. The smallest absolute Gasteiger partial charge is 0.273 e. The van der Waals surface area contributed by atoms with Gasteiger partial charge in [-0.1, -0.05) is 48.5 Å². The molecule has 0 bridgehead atoms. The van der Waals surface area contributed by atoms with Crippen LogP contribution in [-0.4, -0.2) is 55.2 Å². The molecule has 1 aliphatic heterocycles. The highest BCUT2D eigenvalue weighted by atomic mass is 16.7. The lowest BCUT2D eigenvalue weighted by molar-refractivity contribution is -0.113. The molecule has 3 aromatic rings. The maximum absolute atomic E-state index is 13.3. The standard InChI is InChI=1S/C22H23N3O4/c1-27-16-12-8-7-11-15(16)21-18-19(14-9-5-4-6-10-14)23-24-20(18)22(26)25(21)13-17(28-2)29-3/h4-12,17,21H,13H2,1-3H3,(H,23,24). The summed E-state index contributed by atoms with van der Waals surface area (Å²) < 4.78 is 16.3. The van der Waals surface area contributed by atoms with E-state index in [4.69, 9.17) is 14.2 Å². The van der Waals surface area contributed by atoms with Gasteiger partial charge in [-0.05, 0) is 6.07 Å². The van der Waals surface area contributed by atoms with Crippen LogP contribution in [0, 0.1) is 0 Å². The lowest BCUT2D eigenvalue weighted by Gasteiger charge is -2.29. The topological polar surface area (TPSA) is 76.7 Å². The van der Waals surface area contributed by atoms with Crippen LogP contribution in [0.4, 0.5) is 0 Å². The number of aromatic nitrogens is 2. The highest BCUT2D eigenvalue weighted by molar-refractivity contribution is 6.00. The van der Waals surface area contributed by atoms with E-state index in [9.17, 15) is 4.79 Å². The van der Waals surface area contributed by atoms with Crippen molar-refractivity contribution in [2.24, 2.45) is 0 Å². The molecular weight excluding hydrogens is 370 g/mol. The third kappa shape index (κ3) is 3.28. The summed E-state index contributed by atoms with van der Waals surface area (Å²) in [5.74, 6) is 0.555. The molecule has 1 atom stereocenters. The first kappa shape index (κ1) is 19.2. The van der Waals surface area contributed by atoms with Crippen molar-refractivity contribution in [1.29, 1.82) is 0 Å². The molecule has 7 heteroatoms. The Kier molecular flexibility index (Phi) is 5.33. The minimum Gasteiger partial charge on any atom is -0.496 e. The van der Waals surface area contributed by atoms with Gasteiger partial charge in [-0.25, -0.2) is 0 Å². The predicted molar refractivity (Wildman–Crippen MR) is 108 cm³/mol. The highest BCUT2D eigenvalue weighted by Gasteiger charge is 2.44. The van der Waals surface area contributed by atoms with Gasteiger partial charge in [0, 0.05) is 30.9 Å². The number of nitrogens with one attached hydrogen (secondary N) is 1. The fourth-order valence-corrected chi connectivity index (χ4v) is 3.82. The zero-order chi connectivity index (χ0) is 20.4. The van der Waals surface area contributed by atoms with Crippen LogP contribution in [0.15, 0.2) is 54.6 Å². The first-order valence-corrected chi connectivity index (χ1v) is 9.32. The number of hydrogen-bond donors (Lipinski definition) is 1. The summed E-state index contributed by atoms with van der Waals surface area (Å²) in [6, 6.07) is 17.1. The number of hydrogen-bond acceptors (Lipinski definition) is 5. The maximum atomic E-state index is 13.3. The van der Waals surface area contributed by atoms with Crippen LogP contribution >= 0.6 is 0 Å². The van der Waals surface area contributed by atoms with Crippen molar-refractivity contribution >= 4 is 5.91 Å². The highest BCUT2D eigenvalue weighted by Crippen LogP contribution is 2.45. The number of amides is 1. The number of benzene rings is 2. The number of fused-ring (bicyclic) bond motifs is 1. The Morgan fingerprint density at radius 1 is 1.03 bits per heavy atom. The van der Waals surface area contributed by atoms with Gasteiger partial charge in [-0.15, -0.1) is 0 Å². The van der Waals surface area contributed by atoms with E-state index >= 15 is 0 Å². The second-order valence-electron chi connectivity index (χ2n) is 6.73. The van der Waals surface area contributed by atoms with Crippen molar-refractivity contribution in [2.75, 3.05) is 27.9 Å². The van der Waals surface area contributed by atoms with E-state index in [1.165, 1.54) is 0 Å². The molecule has 1 amide bonds. The van der Waals surface area contributed by atoms with Gasteiger partial charge in [0.25, 0.3) is 5.91 Å². The van der Waals surface area contributed by atoms with Crippen LogP contribution in [0.25, 0.3) is 11.3 Å². The molecular formula is C22H23N3O4. The van der Waals surface area contributed by atoms with Crippen molar-refractivity contribution < 1.29 is 19.0 Å². The van der Waals surface area contributed by atoms with E-state index in [2.05, 4.69) is 10.2 Å². The van der Waals surface area contributed by atoms with Gasteiger partial charge in [0.2, 0.25) is 0 Å². The summed E-state index contributed by atoms with van der Waals surface area (Å²) in [6.45, 7) is 0.269. The fraction of sp³-hybridized carbons (Fsp3) is 0.273. The molecule has 2 aromatic carbocycles. The number of H-pyrrole nitrogens is 1. The summed E-state index contributed by atoms with van der Waals surface area (Å²) in [4.78, 5) is 15.0. The van der Waals surface area contributed by atoms with Crippen LogP contribution in [0.2, 0.25) is 0 Å². The average Bonchev–Trinajstić information content (AvgIpc) is 3.31. The minimum atomic E-state index is -0.548. The normalized spacial score (nSPS) is 15.8. The number of aromatic amines is 1. The van der Waals surface area contributed by atoms with Gasteiger partial charge >= 0.3 is 0 Å². The lowest BCUT2D eigenvalue weighted by Crippen LogP contribution is -2.38. The SMILES string of the molecule is COc1ccccc1C1c2c(-c3ccccc3)n[nH]c2C(=O)N1CC(OC)OC. The second-order valence-corrected chi connectivity index (χ2v) is 6.73. The molecule has 29 heavy (non-hydrogen) atoms. The van der Waals surface area contributed by atoms with Crippen molar-refractivity contribution in [3.05, 3.63) is 71.4 Å². The Bertz CT molecular complexity index is 998. The third-order valence-corrected chi connectivity index (χ3v) is 5.22. The molecule has 0 fully saturated rings. The number of methoxy groups -OCH3 is 3. The average molecular weight is 393 g/mol. The van der Waals surface area contributed by atoms with Crippen molar-refractivity contribution in [2.45, 2.75) is 12.3 Å². The van der Waals surface area contributed by atoms with Gasteiger partial charge in [0.15, 0.2) is 6.29 Å². The van der Waals surface area contributed by atoms with E-state index in [-0.39, 0.29) is 18.5 Å². The number of ether oxygens (including phenoxy) is 3. The molecule has 1 unspecified atom stereocenters. The molecule has 4 rings (SSSR count). The van der Waals surface area contributed by atoms with Crippen LogP contribution in [0.5, 0.6) is 5.75 Å². The Morgan fingerprint density at radius 2 is 1.72 bits per heavy atom. The van der Waals surface area contributed by atoms with Crippen LogP contribution in [0.1, 0.15) is 27.7 Å². The Morgan fingerprint density at radius 3 is 2.41 bits per heavy atom. The molecule has 1 N–H and O–H groups in total. The molecule has 2 heterocycles. The van der Waals surface area contributed by atoms with E-state index in [0.29, 0.717) is 11.4 Å². The number of carbonyl (C=O) groups excluding carboxylic acids is 1. The lowest BCUT2D eigenvalue weighted by atomic mass is 9.95. The van der Waals surface area contributed by atoms with E-state index in [1.807, 2.05) is 54.6 Å². The number of nitrogens with zero attached hydrogens (tertiary/aromatic N) is 2. The van der Waals surface area contributed by atoms with Crippen LogP contribution in [-0.2, 0) is 9.47 Å². The van der Waals surface area contributed by atoms with Crippen LogP contribution in [0.3, 0.4) is 0 Å². The Hall–Kier alpha value is -3.16. The Balaban J connectivity index is 1.88. The second kappa shape index (κ2) is 8.06. The summed E-state index contributed by atoms with van der Waals surface area (Å²) >= 11 is 0. The monoisotopic (exact) mass is 393 g/mol. The van der Waals surface area contributed by atoms with Crippen molar-refractivity contribution in [1.82, 2.24) is 15.1 Å². The molecule has 0 saturated heterocycles. The molecule has 1 aliphatic rings. The maximum Gasteiger partial charge on any atom is 0.273 e. The van der Waals surface area contributed by atoms with Gasteiger partial charge in [-0.3, -0.25) is 9.89 Å². The minimum absolute atomic E-state index is 0.148. The summed E-state index contributed by atoms with van der Waals surface area (Å²) in [5, 5.41) is 7.42. The van der Waals surface area contributed by atoms with Gasteiger partial charge in [0.05, 0.1) is 25.4 Å². The molecule has 7 nitrogen and oxygen atoms in total. The van der Waals surface area contributed by atoms with E-state index < -0.39 is 6.29 Å². The molecule has 0 radical (unpaired) electrons. The van der Waals surface area contributed by atoms with Gasteiger partial charge in [-0.2, -0.15) is 5.10 Å². The molecule has 1 aromatic heterocycles. The summed E-state index contributed by atoms with van der Waals surface area (Å²) in [5.41, 5.74) is 3.88. The van der Waals surface area contributed by atoms with Gasteiger partial charge < -0.3 is 19.1 Å². The number of para-hydroxylation sites is 1. The first-order valence-electron chi connectivity index (χ1n) is 9.32. The molecule has 150 valence electrons. The van der Waals surface area contributed by atoms with Gasteiger partial charge in [0.1, 0.15) is 11.4 Å². The van der Waals surface area contributed by atoms with Crippen molar-refractivity contribution in [3.63, 3.8) is 0 Å². The number of carbonyl (C=O) groups is 1. The zero-order valence-electron chi connectivity index (χ0n) is 16.6. The molecule has 0 spiro atoms. The summed E-state index contributed by atoms with van der Waals surface area (Å²) in [6.07, 6.45) is -0.548. The zero-order valence-corrected chi connectivity index (χ0v) is 16.6. The van der Waals surface area contributed by atoms with Crippen LogP contribution < -0.4 is 4.74 Å². The molecule has 0 saturated carbocycles. The quantitative estimate of drug-likeness (QED) is 0.624. The largest absolute Gasteiger partial charge is 0.496 e. The first-order chi connectivity index (χ1) is 14.2. The van der Waals surface area contributed by atoms with Crippen molar-refractivity contribution in [3.8, 4) is 17.0 Å². The predicted octanol–water partition coefficient (Wildman–Crippen LogP) is 3.25. The Labute approximate surface area is 169 Å². The fourth-order valence-electron chi connectivity index (χ4n) is 3.82. The van der Waals surface area contributed by atoms with E-state index in [0.717, 1.165) is 22.4 Å².